The first-order valence-corrected chi connectivity index (χ1v) is 10.1. The molecule has 1 N–H and O–H groups in total. The number of unbranched alkanes of at least 4 members (excludes halogenated alkanes) is 5. The molecule has 1 amide bonds. The van der Waals surface area contributed by atoms with Crippen molar-refractivity contribution in [1.82, 2.24) is 0 Å². The van der Waals surface area contributed by atoms with E-state index < -0.39 is 0 Å². The number of para-hydroxylation sites is 1. The van der Waals surface area contributed by atoms with Crippen molar-refractivity contribution < 1.29 is 4.79 Å². The normalized spacial score (nSPS) is 11.7. The van der Waals surface area contributed by atoms with Gasteiger partial charge in [-0.05, 0) is 50.7 Å². The maximum Gasteiger partial charge on any atom is 0.224 e. The zero-order chi connectivity index (χ0) is 18.7. The topological polar surface area (TPSA) is 29.1 Å². The van der Waals surface area contributed by atoms with Crippen molar-refractivity contribution >= 4 is 11.6 Å². The summed E-state index contributed by atoms with van der Waals surface area (Å²) in [7, 11) is 0. The molecule has 0 aliphatic rings. The zero-order valence-corrected chi connectivity index (χ0v) is 16.3. The molecule has 0 atom stereocenters. The van der Waals surface area contributed by atoms with Crippen LogP contribution < -0.4 is 5.32 Å². The first-order chi connectivity index (χ1) is 12.8. The second kappa shape index (κ2) is 16.4. The quantitative estimate of drug-likeness (QED) is 0.278. The van der Waals surface area contributed by atoms with Gasteiger partial charge in [-0.3, -0.25) is 4.79 Å². The van der Waals surface area contributed by atoms with Gasteiger partial charge in [0.15, 0.2) is 0 Å². The molecule has 0 aromatic heterocycles. The van der Waals surface area contributed by atoms with Crippen molar-refractivity contribution in [3.8, 4) is 0 Å². The van der Waals surface area contributed by atoms with Gasteiger partial charge < -0.3 is 5.32 Å². The Morgan fingerprint density at radius 3 is 2.15 bits per heavy atom. The molecule has 0 saturated carbocycles. The van der Waals surface area contributed by atoms with E-state index >= 15 is 0 Å². The lowest BCUT2D eigenvalue weighted by molar-refractivity contribution is -0.116. The molecule has 0 bridgehead atoms. The molecule has 0 saturated heterocycles. The van der Waals surface area contributed by atoms with Crippen LogP contribution in [0.25, 0.3) is 0 Å². The highest BCUT2D eigenvalue weighted by Crippen LogP contribution is 2.10. The summed E-state index contributed by atoms with van der Waals surface area (Å²) in [5, 5.41) is 2.93. The van der Waals surface area contributed by atoms with Crippen molar-refractivity contribution in [2.45, 2.75) is 71.1 Å². The number of carbonyl (C=O) groups excluding carboxylic acids is 1. The highest BCUT2D eigenvalue weighted by molar-refractivity contribution is 5.90. The van der Waals surface area contributed by atoms with E-state index in [0.717, 1.165) is 44.2 Å². The van der Waals surface area contributed by atoms with E-state index in [2.05, 4.69) is 48.7 Å². The van der Waals surface area contributed by atoms with Gasteiger partial charge in [0, 0.05) is 12.1 Å². The van der Waals surface area contributed by atoms with E-state index in [1.165, 1.54) is 19.3 Å². The van der Waals surface area contributed by atoms with Gasteiger partial charge in [0.1, 0.15) is 0 Å². The Kier molecular flexibility index (Phi) is 13.8. The van der Waals surface area contributed by atoms with Crippen molar-refractivity contribution in [1.29, 1.82) is 0 Å². The number of nitrogens with one attached hydrogen (secondary N) is 1. The molecule has 26 heavy (non-hydrogen) atoms. The van der Waals surface area contributed by atoms with Crippen LogP contribution >= 0.6 is 0 Å². The molecule has 0 unspecified atom stereocenters. The number of amides is 1. The molecule has 0 spiro atoms. The second-order valence-electron chi connectivity index (χ2n) is 6.51. The third-order valence-electron chi connectivity index (χ3n) is 4.11. The van der Waals surface area contributed by atoms with Crippen LogP contribution in [0.3, 0.4) is 0 Å². The highest BCUT2D eigenvalue weighted by atomic mass is 16.1. The SMILES string of the molecule is CC/C=C\C/C=C\C/C=C\CCCCCCCC(=O)Nc1ccccc1. The van der Waals surface area contributed by atoms with Gasteiger partial charge >= 0.3 is 0 Å². The molecule has 142 valence electrons. The predicted molar refractivity (Wildman–Crippen MR) is 114 cm³/mol. The Bertz CT molecular complexity index is 543. The molecule has 1 aromatic rings. The van der Waals surface area contributed by atoms with Crippen molar-refractivity contribution in [2.75, 3.05) is 5.32 Å². The summed E-state index contributed by atoms with van der Waals surface area (Å²) >= 11 is 0. The highest BCUT2D eigenvalue weighted by Gasteiger charge is 2.01. The third-order valence-corrected chi connectivity index (χ3v) is 4.11. The lowest BCUT2D eigenvalue weighted by Gasteiger charge is -2.04. The first kappa shape index (κ1) is 22.0. The Balaban J connectivity index is 1.89. The van der Waals surface area contributed by atoms with Crippen LogP contribution in [0.5, 0.6) is 0 Å². The Morgan fingerprint density at radius 2 is 1.42 bits per heavy atom. The van der Waals surface area contributed by atoms with Crippen LogP contribution in [-0.2, 0) is 4.79 Å². The van der Waals surface area contributed by atoms with E-state index in [0.29, 0.717) is 6.42 Å². The summed E-state index contributed by atoms with van der Waals surface area (Å²) in [6.45, 7) is 2.16. The molecule has 0 aliphatic carbocycles. The van der Waals surface area contributed by atoms with Gasteiger partial charge in [0.25, 0.3) is 0 Å². The summed E-state index contributed by atoms with van der Waals surface area (Å²) in [5.74, 6) is 0.123. The van der Waals surface area contributed by atoms with Gasteiger partial charge in [0.2, 0.25) is 5.91 Å². The average molecular weight is 354 g/mol. The molecular weight excluding hydrogens is 318 g/mol. The number of anilines is 1. The van der Waals surface area contributed by atoms with Gasteiger partial charge in [-0.2, -0.15) is 0 Å². The van der Waals surface area contributed by atoms with Crippen LogP contribution in [0.2, 0.25) is 0 Å². The van der Waals surface area contributed by atoms with Gasteiger partial charge in [-0.25, -0.2) is 0 Å². The molecule has 0 fully saturated rings. The molecule has 0 aliphatic heterocycles. The lowest BCUT2D eigenvalue weighted by Crippen LogP contribution is -2.10. The number of allylic oxidation sites excluding steroid dienone is 6. The number of hydrogen-bond acceptors (Lipinski definition) is 1. The number of hydrogen-bond donors (Lipinski definition) is 1. The van der Waals surface area contributed by atoms with Crippen molar-refractivity contribution in [3.63, 3.8) is 0 Å². The standard InChI is InChI=1S/C24H35NO/c1-2-3-4-5-6-7-8-9-10-11-12-13-14-15-19-22-24(26)25-23-20-17-16-18-21-23/h3-4,6-7,9-10,16-18,20-21H,2,5,8,11-15,19,22H2,1H3,(H,25,26)/b4-3-,7-6-,10-9-. The third kappa shape index (κ3) is 13.2. The molecule has 2 heteroatoms. The van der Waals surface area contributed by atoms with Crippen molar-refractivity contribution in [2.24, 2.45) is 0 Å². The number of rotatable bonds is 14. The lowest BCUT2D eigenvalue weighted by atomic mass is 10.1. The monoisotopic (exact) mass is 353 g/mol. The maximum absolute atomic E-state index is 11.8. The number of carbonyl (C=O) groups is 1. The first-order valence-electron chi connectivity index (χ1n) is 10.1. The zero-order valence-electron chi connectivity index (χ0n) is 16.3. The molecule has 1 rings (SSSR count). The van der Waals surface area contributed by atoms with Crippen molar-refractivity contribution in [3.05, 3.63) is 66.8 Å². The molecule has 0 heterocycles. The average Bonchev–Trinajstić information content (AvgIpc) is 2.65. The van der Waals surface area contributed by atoms with Crippen LogP contribution in [0, 0.1) is 0 Å². The fourth-order valence-corrected chi connectivity index (χ4v) is 2.65. The van der Waals surface area contributed by atoms with Gasteiger partial charge in [0.05, 0.1) is 0 Å². The minimum absolute atomic E-state index is 0.123. The maximum atomic E-state index is 11.8. The van der Waals surface area contributed by atoms with Gasteiger partial charge in [-0.1, -0.05) is 80.8 Å². The van der Waals surface area contributed by atoms with E-state index in [1.54, 1.807) is 0 Å². The Labute approximate surface area is 160 Å². The molecule has 0 radical (unpaired) electrons. The summed E-state index contributed by atoms with van der Waals surface area (Å²) in [6.07, 6.45) is 24.2. The van der Waals surface area contributed by atoms with E-state index in [-0.39, 0.29) is 5.91 Å². The van der Waals surface area contributed by atoms with E-state index in [4.69, 9.17) is 0 Å². The minimum Gasteiger partial charge on any atom is -0.326 e. The summed E-state index contributed by atoms with van der Waals surface area (Å²) < 4.78 is 0. The fraction of sp³-hybridized carbons (Fsp3) is 0.458. The van der Waals surface area contributed by atoms with Crippen LogP contribution in [0.4, 0.5) is 5.69 Å². The molecule has 2 nitrogen and oxygen atoms in total. The minimum atomic E-state index is 0.123. The van der Waals surface area contributed by atoms with E-state index in [1.807, 2.05) is 30.3 Å². The largest absolute Gasteiger partial charge is 0.326 e. The van der Waals surface area contributed by atoms with Crippen LogP contribution in [0.15, 0.2) is 66.8 Å². The summed E-state index contributed by atoms with van der Waals surface area (Å²) in [5.41, 5.74) is 0.886. The molecular formula is C24H35NO. The van der Waals surface area contributed by atoms with Crippen LogP contribution in [-0.4, -0.2) is 5.91 Å². The predicted octanol–water partition coefficient (Wildman–Crippen LogP) is 7.21. The van der Waals surface area contributed by atoms with Crippen LogP contribution in [0.1, 0.15) is 71.1 Å². The number of benzene rings is 1. The second-order valence-corrected chi connectivity index (χ2v) is 6.51. The van der Waals surface area contributed by atoms with E-state index in [9.17, 15) is 4.79 Å². The molecule has 1 aromatic carbocycles. The van der Waals surface area contributed by atoms with Gasteiger partial charge in [-0.15, -0.1) is 0 Å². The fourth-order valence-electron chi connectivity index (χ4n) is 2.65. The smallest absolute Gasteiger partial charge is 0.224 e. The summed E-state index contributed by atoms with van der Waals surface area (Å²) in [6, 6.07) is 9.67. The summed E-state index contributed by atoms with van der Waals surface area (Å²) in [4.78, 5) is 11.8. The Morgan fingerprint density at radius 1 is 0.808 bits per heavy atom. The Hall–Kier alpha value is -2.09.